The first-order valence-electron chi connectivity index (χ1n) is 8.29. The van der Waals surface area contributed by atoms with Crippen molar-refractivity contribution < 1.29 is 18.9 Å². The smallest absolute Gasteiger partial charge is 0.140 e. The van der Waals surface area contributed by atoms with Crippen LogP contribution in [0.4, 0.5) is 0 Å². The van der Waals surface area contributed by atoms with E-state index in [4.69, 9.17) is 24.2 Å². The van der Waals surface area contributed by atoms with Crippen molar-refractivity contribution >= 4 is 5.84 Å². The molecule has 0 aliphatic carbocycles. The Balaban J connectivity index is 0.000000199. The summed E-state index contributed by atoms with van der Waals surface area (Å²) in [5, 5.41) is 11.9. The highest BCUT2D eigenvalue weighted by Gasteiger charge is 2.13. The van der Waals surface area contributed by atoms with Crippen molar-refractivity contribution in [3.8, 4) is 29.1 Å². The topological polar surface area (TPSA) is 85.1 Å². The molecule has 1 aliphatic heterocycles. The normalized spacial score (nSPS) is 11.9. The van der Waals surface area contributed by atoms with Gasteiger partial charge in [0.1, 0.15) is 34.9 Å². The molecular formula is C20H23N3O4. The number of nitriles is 1. The van der Waals surface area contributed by atoms with Crippen LogP contribution in [0.3, 0.4) is 0 Å². The van der Waals surface area contributed by atoms with Crippen LogP contribution in [0, 0.1) is 11.3 Å². The summed E-state index contributed by atoms with van der Waals surface area (Å²) in [6, 6.07) is 12.8. The number of amidine groups is 1. The summed E-state index contributed by atoms with van der Waals surface area (Å²) in [4.78, 5) is 4.35. The summed E-state index contributed by atoms with van der Waals surface area (Å²) in [7, 11) is 6.38. The predicted octanol–water partition coefficient (Wildman–Crippen LogP) is 2.63. The quantitative estimate of drug-likeness (QED) is 0.872. The molecular weight excluding hydrogens is 346 g/mol. The Kier molecular flexibility index (Phi) is 7.32. The summed E-state index contributed by atoms with van der Waals surface area (Å²) in [5.74, 6) is 3.69. The van der Waals surface area contributed by atoms with Gasteiger partial charge in [0.2, 0.25) is 0 Å². The third-order valence-electron chi connectivity index (χ3n) is 3.87. The fourth-order valence-electron chi connectivity index (χ4n) is 2.46. The maximum absolute atomic E-state index is 8.64. The van der Waals surface area contributed by atoms with E-state index in [2.05, 4.69) is 10.3 Å². The van der Waals surface area contributed by atoms with E-state index in [0.717, 1.165) is 36.0 Å². The molecule has 1 N–H and O–H groups in total. The van der Waals surface area contributed by atoms with Gasteiger partial charge < -0.3 is 24.3 Å². The Bertz CT molecular complexity index is 844. The van der Waals surface area contributed by atoms with E-state index in [1.54, 1.807) is 39.5 Å². The Labute approximate surface area is 159 Å². The number of ether oxygens (including phenoxy) is 4. The van der Waals surface area contributed by atoms with Crippen molar-refractivity contribution in [3.63, 3.8) is 0 Å². The maximum atomic E-state index is 8.64. The van der Waals surface area contributed by atoms with Crippen molar-refractivity contribution in [1.82, 2.24) is 5.32 Å². The number of rotatable bonds is 5. The lowest BCUT2D eigenvalue weighted by molar-refractivity contribution is 0.393. The lowest BCUT2D eigenvalue weighted by atomic mass is 10.1. The second-order valence-electron chi connectivity index (χ2n) is 5.40. The molecule has 3 rings (SSSR count). The van der Waals surface area contributed by atoms with Gasteiger partial charge in [0.05, 0.1) is 46.1 Å². The van der Waals surface area contributed by atoms with Gasteiger partial charge in [-0.25, -0.2) is 0 Å². The lowest BCUT2D eigenvalue weighted by Gasteiger charge is -2.10. The van der Waals surface area contributed by atoms with Crippen molar-refractivity contribution in [2.45, 2.75) is 0 Å². The number of hydrogen-bond donors (Lipinski definition) is 1. The van der Waals surface area contributed by atoms with Gasteiger partial charge in [-0.1, -0.05) is 0 Å². The Morgan fingerprint density at radius 2 is 1.52 bits per heavy atom. The third-order valence-corrected chi connectivity index (χ3v) is 3.87. The van der Waals surface area contributed by atoms with Crippen molar-refractivity contribution in [2.24, 2.45) is 4.99 Å². The average Bonchev–Trinajstić information content (AvgIpc) is 3.27. The molecule has 0 spiro atoms. The zero-order valence-corrected chi connectivity index (χ0v) is 15.9. The zero-order valence-electron chi connectivity index (χ0n) is 15.9. The molecule has 142 valence electrons. The highest BCUT2D eigenvalue weighted by molar-refractivity contribution is 6.02. The summed E-state index contributed by atoms with van der Waals surface area (Å²) < 4.78 is 20.4. The number of aliphatic imine (C=N–C) groups is 1. The van der Waals surface area contributed by atoms with Crippen LogP contribution in [0.25, 0.3) is 0 Å². The Morgan fingerprint density at radius 1 is 0.889 bits per heavy atom. The summed E-state index contributed by atoms with van der Waals surface area (Å²) in [6.07, 6.45) is 0. The maximum Gasteiger partial charge on any atom is 0.140 e. The van der Waals surface area contributed by atoms with Gasteiger partial charge in [0.15, 0.2) is 0 Å². The fraction of sp³-hybridized carbons (Fsp3) is 0.300. The first-order chi connectivity index (χ1) is 13.2. The van der Waals surface area contributed by atoms with Crippen LogP contribution in [0.2, 0.25) is 0 Å². The van der Waals surface area contributed by atoms with E-state index >= 15 is 0 Å². The van der Waals surface area contributed by atoms with Crippen LogP contribution in [0.5, 0.6) is 23.0 Å². The minimum absolute atomic E-state index is 0.512. The Morgan fingerprint density at radius 3 is 2.04 bits per heavy atom. The van der Waals surface area contributed by atoms with Crippen LogP contribution in [0.15, 0.2) is 41.4 Å². The molecule has 0 unspecified atom stereocenters. The third kappa shape index (κ3) is 5.05. The van der Waals surface area contributed by atoms with E-state index in [1.165, 1.54) is 7.11 Å². The van der Waals surface area contributed by atoms with Crippen LogP contribution in [-0.4, -0.2) is 47.4 Å². The molecule has 0 amide bonds. The number of nitrogens with one attached hydrogen (secondary N) is 1. The second kappa shape index (κ2) is 9.92. The van der Waals surface area contributed by atoms with Gasteiger partial charge in [-0.2, -0.15) is 5.26 Å². The molecule has 7 nitrogen and oxygen atoms in total. The summed E-state index contributed by atoms with van der Waals surface area (Å²) in [5.41, 5.74) is 1.49. The van der Waals surface area contributed by atoms with Gasteiger partial charge in [0, 0.05) is 18.7 Å². The van der Waals surface area contributed by atoms with Gasteiger partial charge >= 0.3 is 0 Å². The molecule has 0 fully saturated rings. The van der Waals surface area contributed by atoms with Gasteiger partial charge in [-0.3, -0.25) is 4.99 Å². The molecule has 2 aromatic rings. The van der Waals surface area contributed by atoms with Crippen LogP contribution >= 0.6 is 0 Å². The number of nitrogens with zero attached hydrogens (tertiary/aromatic N) is 2. The molecule has 0 atom stereocenters. The molecule has 1 heterocycles. The highest BCUT2D eigenvalue weighted by Crippen LogP contribution is 2.25. The monoisotopic (exact) mass is 369 g/mol. The van der Waals surface area contributed by atoms with Crippen molar-refractivity contribution in [2.75, 3.05) is 41.5 Å². The largest absolute Gasteiger partial charge is 0.497 e. The van der Waals surface area contributed by atoms with Gasteiger partial charge in [-0.15, -0.1) is 0 Å². The number of benzene rings is 2. The van der Waals surface area contributed by atoms with E-state index in [-0.39, 0.29) is 0 Å². The molecule has 27 heavy (non-hydrogen) atoms. The van der Waals surface area contributed by atoms with Crippen molar-refractivity contribution in [3.05, 3.63) is 47.5 Å². The summed E-state index contributed by atoms with van der Waals surface area (Å²) >= 11 is 0. The standard InChI is InChI=1S/C11H14N2O2.C9H9NO2/c1-14-8-3-4-9(10(7-8)15-2)11-12-5-6-13-11;1-11-8-4-3-7(6-10)9(5-8)12-2/h3-4,7H,5-6H2,1-2H3,(H,12,13);3-5H,1-2H3. The molecule has 2 aromatic carbocycles. The van der Waals surface area contributed by atoms with Crippen LogP contribution < -0.4 is 24.3 Å². The van der Waals surface area contributed by atoms with E-state index in [1.807, 2.05) is 24.3 Å². The van der Waals surface area contributed by atoms with E-state index in [0.29, 0.717) is 17.1 Å². The zero-order chi connectivity index (χ0) is 19.6. The SMILES string of the molecule is COc1ccc(C#N)c(OC)c1.COc1ccc(C2=NCCN2)c(OC)c1. The number of methoxy groups -OCH3 is 4. The minimum atomic E-state index is 0.512. The van der Waals surface area contributed by atoms with E-state index in [9.17, 15) is 0 Å². The van der Waals surface area contributed by atoms with Gasteiger partial charge in [0.25, 0.3) is 0 Å². The molecule has 0 aromatic heterocycles. The van der Waals surface area contributed by atoms with Crippen LogP contribution in [-0.2, 0) is 0 Å². The average molecular weight is 369 g/mol. The van der Waals surface area contributed by atoms with Gasteiger partial charge in [-0.05, 0) is 24.3 Å². The first-order valence-corrected chi connectivity index (χ1v) is 8.29. The molecule has 7 heteroatoms. The number of hydrogen-bond acceptors (Lipinski definition) is 7. The minimum Gasteiger partial charge on any atom is -0.497 e. The molecule has 0 saturated carbocycles. The first kappa shape index (κ1) is 19.9. The molecule has 0 saturated heterocycles. The predicted molar refractivity (Wildman–Crippen MR) is 103 cm³/mol. The van der Waals surface area contributed by atoms with Crippen molar-refractivity contribution in [1.29, 1.82) is 5.26 Å². The second-order valence-corrected chi connectivity index (χ2v) is 5.40. The fourth-order valence-corrected chi connectivity index (χ4v) is 2.46. The molecule has 1 aliphatic rings. The molecule has 0 bridgehead atoms. The highest BCUT2D eigenvalue weighted by atomic mass is 16.5. The lowest BCUT2D eigenvalue weighted by Crippen LogP contribution is -2.20. The van der Waals surface area contributed by atoms with Crippen LogP contribution in [0.1, 0.15) is 11.1 Å². The Hall–Kier alpha value is -3.40. The molecule has 0 radical (unpaired) electrons. The van der Waals surface area contributed by atoms with E-state index < -0.39 is 0 Å². The summed E-state index contributed by atoms with van der Waals surface area (Å²) in [6.45, 7) is 1.72.